The Morgan fingerprint density at radius 1 is 1.10 bits per heavy atom. The second kappa shape index (κ2) is 7.93. The molecule has 30 heavy (non-hydrogen) atoms. The molecule has 6 nitrogen and oxygen atoms in total. The third kappa shape index (κ3) is 3.94. The molecule has 0 spiro atoms. The Bertz CT molecular complexity index is 972. The van der Waals surface area contributed by atoms with Gasteiger partial charge in [0.25, 0.3) is 0 Å². The molecule has 0 radical (unpaired) electrons. The number of hydrogen-bond donors (Lipinski definition) is 2. The van der Waals surface area contributed by atoms with Crippen molar-refractivity contribution in [2.24, 2.45) is 0 Å². The van der Waals surface area contributed by atoms with E-state index in [4.69, 9.17) is 0 Å². The monoisotopic (exact) mass is 414 g/mol. The summed E-state index contributed by atoms with van der Waals surface area (Å²) in [6.07, 6.45) is 0.240. The Hall–Kier alpha value is -3.16. The minimum atomic E-state index is -0.624. The number of rotatable bonds is 3. The highest BCUT2D eigenvalue weighted by atomic mass is 19.1. The highest BCUT2D eigenvalue weighted by molar-refractivity contribution is 5.98. The lowest BCUT2D eigenvalue weighted by atomic mass is 10.1. The van der Waals surface area contributed by atoms with E-state index in [2.05, 4.69) is 10.6 Å². The van der Waals surface area contributed by atoms with Gasteiger partial charge in [0, 0.05) is 62.1 Å². The second-order valence-electron chi connectivity index (χ2n) is 7.80. The van der Waals surface area contributed by atoms with Crippen LogP contribution in [0.2, 0.25) is 0 Å². The summed E-state index contributed by atoms with van der Waals surface area (Å²) in [5.41, 5.74) is 3.02. The largest absolute Gasteiger partial charge is 0.373 e. The summed E-state index contributed by atoms with van der Waals surface area (Å²) in [5.74, 6) is -1.11. The van der Waals surface area contributed by atoms with Crippen LogP contribution >= 0.6 is 0 Å². The molecular formula is C22H24F2N4O2. The summed E-state index contributed by atoms with van der Waals surface area (Å²) in [7, 11) is 0. The van der Waals surface area contributed by atoms with E-state index in [0.717, 1.165) is 5.56 Å². The molecule has 4 rings (SSSR count). The van der Waals surface area contributed by atoms with Gasteiger partial charge in [-0.25, -0.2) is 8.78 Å². The van der Waals surface area contributed by atoms with Crippen LogP contribution in [0.3, 0.4) is 0 Å². The predicted octanol–water partition coefficient (Wildman–Crippen LogP) is 2.92. The quantitative estimate of drug-likeness (QED) is 0.811. The third-order valence-corrected chi connectivity index (χ3v) is 5.75. The van der Waals surface area contributed by atoms with Crippen molar-refractivity contribution < 1.29 is 18.4 Å². The van der Waals surface area contributed by atoms with Crippen molar-refractivity contribution in [3.63, 3.8) is 0 Å². The van der Waals surface area contributed by atoms with Gasteiger partial charge in [-0.05, 0) is 36.8 Å². The molecule has 2 N–H and O–H groups in total. The van der Waals surface area contributed by atoms with Crippen LogP contribution in [0.5, 0.6) is 0 Å². The molecule has 0 saturated carbocycles. The molecule has 0 bridgehead atoms. The first kappa shape index (κ1) is 20.1. The number of nitrogens with one attached hydrogen (secondary N) is 2. The smallest absolute Gasteiger partial charge is 0.247 e. The van der Waals surface area contributed by atoms with Gasteiger partial charge >= 0.3 is 0 Å². The van der Waals surface area contributed by atoms with Crippen LogP contribution in [0, 0.1) is 18.6 Å². The average Bonchev–Trinajstić information content (AvgIpc) is 3.17. The van der Waals surface area contributed by atoms with Gasteiger partial charge in [0.05, 0.1) is 0 Å². The van der Waals surface area contributed by atoms with Crippen LogP contribution in [0.4, 0.5) is 25.8 Å². The molecule has 8 heteroatoms. The summed E-state index contributed by atoms with van der Waals surface area (Å²) >= 11 is 0. The summed E-state index contributed by atoms with van der Waals surface area (Å²) < 4.78 is 28.3. The molecule has 0 aliphatic carbocycles. The number of fused-ring (bicyclic) bond motifs is 1. The van der Waals surface area contributed by atoms with E-state index in [-0.39, 0.29) is 24.1 Å². The van der Waals surface area contributed by atoms with E-state index >= 15 is 0 Å². The summed E-state index contributed by atoms with van der Waals surface area (Å²) in [4.78, 5) is 28.0. The highest BCUT2D eigenvalue weighted by Gasteiger charge is 2.30. The molecule has 1 fully saturated rings. The Balaban J connectivity index is 1.45. The fourth-order valence-electron chi connectivity index (χ4n) is 4.07. The average molecular weight is 414 g/mol. The van der Waals surface area contributed by atoms with Crippen LogP contribution in [0.15, 0.2) is 30.3 Å². The van der Waals surface area contributed by atoms with Crippen LogP contribution in [0.1, 0.15) is 18.1 Å². The van der Waals surface area contributed by atoms with E-state index < -0.39 is 11.9 Å². The van der Waals surface area contributed by atoms with Gasteiger partial charge in [-0.1, -0.05) is 6.07 Å². The van der Waals surface area contributed by atoms with Crippen LogP contribution in [-0.4, -0.2) is 48.9 Å². The molecule has 1 saturated heterocycles. The van der Waals surface area contributed by atoms with Gasteiger partial charge in [-0.2, -0.15) is 0 Å². The number of carbonyl (C=O) groups is 2. The van der Waals surface area contributed by atoms with Gasteiger partial charge in [0.15, 0.2) is 0 Å². The molecule has 2 aromatic rings. The standard InChI is InChI=1S/C22H24F2N4O2/c1-13-3-4-19(24)18-12-20(26-21(13)18)22(30)25-16-9-15(23)10-17(11-16)28-7-5-27(6-8-28)14(2)29/h3-4,9-11,20,26H,5-8,12H2,1-2H3,(H,25,30). The van der Waals surface area contributed by atoms with Crippen molar-refractivity contribution in [3.05, 3.63) is 53.1 Å². The highest BCUT2D eigenvalue weighted by Crippen LogP contribution is 2.32. The third-order valence-electron chi connectivity index (χ3n) is 5.75. The summed E-state index contributed by atoms with van der Waals surface area (Å²) in [6.45, 7) is 5.72. The molecule has 2 aromatic carbocycles. The van der Waals surface area contributed by atoms with Gasteiger partial charge in [-0.15, -0.1) is 0 Å². The zero-order valence-corrected chi connectivity index (χ0v) is 17.0. The summed E-state index contributed by atoms with van der Waals surface area (Å²) in [5, 5.41) is 5.83. The first-order valence-corrected chi connectivity index (χ1v) is 9.98. The lowest BCUT2D eigenvalue weighted by Gasteiger charge is -2.35. The Kier molecular flexibility index (Phi) is 5.32. The van der Waals surface area contributed by atoms with Crippen LogP contribution < -0.4 is 15.5 Å². The Labute approximate surface area is 173 Å². The first-order valence-electron chi connectivity index (χ1n) is 9.98. The normalized spacial score (nSPS) is 18.1. The van der Waals surface area contributed by atoms with Crippen LogP contribution in [-0.2, 0) is 16.0 Å². The van der Waals surface area contributed by atoms with E-state index in [1.807, 2.05) is 11.8 Å². The number of piperazine rings is 1. The lowest BCUT2D eigenvalue weighted by molar-refractivity contribution is -0.129. The minimum absolute atomic E-state index is 0.0265. The number of carbonyl (C=O) groups excluding carboxylic acids is 2. The van der Waals surface area contributed by atoms with E-state index in [0.29, 0.717) is 48.8 Å². The van der Waals surface area contributed by atoms with E-state index in [9.17, 15) is 18.4 Å². The van der Waals surface area contributed by atoms with Gasteiger partial charge in [-0.3, -0.25) is 9.59 Å². The summed E-state index contributed by atoms with van der Waals surface area (Å²) in [6, 6.07) is 6.86. The van der Waals surface area contributed by atoms with Crippen molar-refractivity contribution in [1.29, 1.82) is 0 Å². The maximum absolute atomic E-state index is 14.2. The minimum Gasteiger partial charge on any atom is -0.373 e. The molecule has 2 amide bonds. The zero-order valence-electron chi connectivity index (χ0n) is 17.0. The van der Waals surface area contributed by atoms with Gasteiger partial charge in [0.1, 0.15) is 17.7 Å². The van der Waals surface area contributed by atoms with Crippen molar-refractivity contribution in [3.8, 4) is 0 Å². The molecule has 2 aliphatic rings. The van der Waals surface area contributed by atoms with Gasteiger partial charge < -0.3 is 20.4 Å². The Morgan fingerprint density at radius 3 is 2.50 bits per heavy atom. The SMILES string of the molecule is CC(=O)N1CCN(c2cc(F)cc(NC(=O)C3Cc4c(F)ccc(C)c4N3)c2)CC1. The van der Waals surface area contributed by atoms with E-state index in [1.165, 1.54) is 25.1 Å². The molecule has 1 unspecified atom stereocenters. The number of hydrogen-bond acceptors (Lipinski definition) is 4. The molecule has 2 aliphatic heterocycles. The predicted molar refractivity (Wildman–Crippen MR) is 112 cm³/mol. The van der Waals surface area contributed by atoms with Gasteiger partial charge in [0.2, 0.25) is 11.8 Å². The van der Waals surface area contributed by atoms with Crippen LogP contribution in [0.25, 0.3) is 0 Å². The fraction of sp³-hybridized carbons (Fsp3) is 0.364. The molecule has 0 aromatic heterocycles. The van der Waals surface area contributed by atoms with Crippen molar-refractivity contribution in [2.75, 3.05) is 41.7 Å². The number of nitrogens with zero attached hydrogens (tertiary/aromatic N) is 2. The van der Waals surface area contributed by atoms with E-state index in [1.54, 1.807) is 17.0 Å². The second-order valence-corrected chi connectivity index (χ2v) is 7.80. The maximum Gasteiger partial charge on any atom is 0.247 e. The number of amides is 2. The van der Waals surface area contributed by atoms with Crippen molar-refractivity contribution in [1.82, 2.24) is 4.90 Å². The zero-order chi connectivity index (χ0) is 21.4. The number of anilines is 3. The molecular weight excluding hydrogens is 390 g/mol. The number of benzene rings is 2. The van der Waals surface area contributed by atoms with Crippen molar-refractivity contribution in [2.45, 2.75) is 26.3 Å². The maximum atomic E-state index is 14.2. The first-order chi connectivity index (χ1) is 14.3. The fourth-order valence-corrected chi connectivity index (χ4v) is 4.07. The Morgan fingerprint density at radius 2 is 1.83 bits per heavy atom. The number of halogens is 2. The molecule has 1 atom stereocenters. The molecule has 158 valence electrons. The lowest BCUT2D eigenvalue weighted by Crippen LogP contribution is -2.48. The van der Waals surface area contributed by atoms with Crippen molar-refractivity contribution >= 4 is 28.9 Å². The number of aryl methyl sites for hydroxylation is 1. The topological polar surface area (TPSA) is 64.7 Å². The molecule has 2 heterocycles.